The summed E-state index contributed by atoms with van der Waals surface area (Å²) in [4.78, 5) is 17.9. The minimum absolute atomic E-state index is 0.159. The van der Waals surface area contributed by atoms with Crippen molar-refractivity contribution in [1.29, 1.82) is 0 Å². The van der Waals surface area contributed by atoms with E-state index in [0.717, 1.165) is 5.56 Å². The van der Waals surface area contributed by atoms with Gasteiger partial charge >= 0.3 is 0 Å². The molecular formula is C23H27N5O4. The van der Waals surface area contributed by atoms with E-state index in [2.05, 4.69) is 20.7 Å². The van der Waals surface area contributed by atoms with Crippen molar-refractivity contribution < 1.29 is 19.0 Å². The third kappa shape index (κ3) is 3.93. The minimum Gasteiger partial charge on any atom is -0.495 e. The number of amides is 1. The molecular weight excluding hydrogens is 410 g/mol. The van der Waals surface area contributed by atoms with E-state index < -0.39 is 12.0 Å². The van der Waals surface area contributed by atoms with Crippen molar-refractivity contribution in [3.05, 3.63) is 54.4 Å². The van der Waals surface area contributed by atoms with Gasteiger partial charge < -0.3 is 24.8 Å². The first kappa shape index (κ1) is 21.5. The molecule has 3 atom stereocenters. The molecule has 1 aliphatic rings. The van der Waals surface area contributed by atoms with Gasteiger partial charge in [0.25, 0.3) is 0 Å². The van der Waals surface area contributed by atoms with Crippen LogP contribution in [0.4, 0.5) is 11.6 Å². The van der Waals surface area contributed by atoms with Crippen LogP contribution in [0.5, 0.6) is 17.2 Å². The number of methoxy groups -OCH3 is 2. The molecule has 0 fully saturated rings. The van der Waals surface area contributed by atoms with Crippen LogP contribution in [0.25, 0.3) is 0 Å². The average Bonchev–Trinajstić information content (AvgIpc) is 3.27. The highest BCUT2D eigenvalue weighted by molar-refractivity contribution is 5.95. The summed E-state index contributed by atoms with van der Waals surface area (Å²) in [5.74, 6) is 1.80. The van der Waals surface area contributed by atoms with E-state index in [4.69, 9.17) is 14.2 Å². The lowest BCUT2D eigenvalue weighted by molar-refractivity contribution is -0.121. The monoisotopic (exact) mass is 437 g/mol. The van der Waals surface area contributed by atoms with Gasteiger partial charge in [0.05, 0.1) is 38.5 Å². The zero-order chi connectivity index (χ0) is 22.7. The summed E-state index contributed by atoms with van der Waals surface area (Å²) >= 11 is 0. The van der Waals surface area contributed by atoms with Gasteiger partial charge in [-0.05, 0) is 43.7 Å². The van der Waals surface area contributed by atoms with Gasteiger partial charge in [-0.25, -0.2) is 4.68 Å². The predicted octanol–water partition coefficient (Wildman–Crippen LogP) is 3.35. The molecule has 0 bridgehead atoms. The number of carbonyl (C=O) groups excluding carboxylic acids is 1. The fourth-order valence-electron chi connectivity index (χ4n) is 4.10. The molecule has 2 aromatic carbocycles. The normalized spacial score (nSPS) is 19.4. The first-order valence-corrected chi connectivity index (χ1v) is 10.5. The largest absolute Gasteiger partial charge is 0.495 e. The van der Waals surface area contributed by atoms with Crippen LogP contribution in [0.1, 0.15) is 25.5 Å². The van der Waals surface area contributed by atoms with E-state index in [-0.39, 0.29) is 11.9 Å². The molecule has 4 rings (SSSR count). The van der Waals surface area contributed by atoms with Crippen molar-refractivity contribution in [3.8, 4) is 17.2 Å². The number of para-hydroxylation sites is 2. The predicted molar refractivity (Wildman–Crippen MR) is 121 cm³/mol. The topological polar surface area (TPSA) is 99.5 Å². The third-order valence-corrected chi connectivity index (χ3v) is 5.57. The van der Waals surface area contributed by atoms with E-state index in [0.29, 0.717) is 35.5 Å². The van der Waals surface area contributed by atoms with E-state index >= 15 is 0 Å². The van der Waals surface area contributed by atoms with Crippen molar-refractivity contribution in [3.63, 3.8) is 0 Å². The quantitative estimate of drug-likeness (QED) is 0.585. The van der Waals surface area contributed by atoms with Gasteiger partial charge in [-0.3, -0.25) is 4.79 Å². The Morgan fingerprint density at radius 3 is 2.66 bits per heavy atom. The van der Waals surface area contributed by atoms with Gasteiger partial charge in [0.1, 0.15) is 12.1 Å². The standard InChI is InChI=1S/C23H27N5O4/c1-5-32-18-11-10-15(12-19(18)31-4)21-20(14(2)26-23-24-13-25-28(21)23)22(29)27-16-8-6-7-9-17(16)30-3/h6-14,20-21H,5H2,1-4H3,(H,27,29)(H,24,25,26)/t14-,20+,21+/m0/s1. The highest BCUT2D eigenvalue weighted by Crippen LogP contribution is 2.40. The Bertz CT molecular complexity index is 1100. The van der Waals surface area contributed by atoms with Crippen LogP contribution in [0.15, 0.2) is 48.8 Å². The molecule has 168 valence electrons. The van der Waals surface area contributed by atoms with Gasteiger partial charge in [-0.2, -0.15) is 10.1 Å². The lowest BCUT2D eigenvalue weighted by Gasteiger charge is -2.37. The van der Waals surface area contributed by atoms with E-state index in [1.54, 1.807) is 18.9 Å². The van der Waals surface area contributed by atoms with Gasteiger partial charge in [0.15, 0.2) is 11.5 Å². The fraction of sp³-hybridized carbons (Fsp3) is 0.348. The molecule has 1 amide bonds. The Labute approximate surface area is 186 Å². The third-order valence-electron chi connectivity index (χ3n) is 5.57. The number of hydrogen-bond donors (Lipinski definition) is 2. The van der Waals surface area contributed by atoms with Crippen molar-refractivity contribution in [2.45, 2.75) is 25.9 Å². The second-order valence-corrected chi connectivity index (χ2v) is 7.46. The number of benzene rings is 2. The van der Waals surface area contributed by atoms with E-state index in [1.165, 1.54) is 6.33 Å². The average molecular weight is 438 g/mol. The number of aromatic nitrogens is 3. The first-order valence-electron chi connectivity index (χ1n) is 10.5. The molecule has 32 heavy (non-hydrogen) atoms. The summed E-state index contributed by atoms with van der Waals surface area (Å²) in [6, 6.07) is 12.4. The van der Waals surface area contributed by atoms with Gasteiger partial charge in [0, 0.05) is 6.04 Å². The van der Waals surface area contributed by atoms with Crippen LogP contribution >= 0.6 is 0 Å². The van der Waals surface area contributed by atoms with Crippen LogP contribution in [0.2, 0.25) is 0 Å². The van der Waals surface area contributed by atoms with Crippen molar-refractivity contribution in [1.82, 2.24) is 14.8 Å². The zero-order valence-electron chi connectivity index (χ0n) is 18.5. The Hall–Kier alpha value is -3.75. The molecule has 9 heteroatoms. The number of ether oxygens (including phenoxy) is 3. The van der Waals surface area contributed by atoms with Crippen molar-refractivity contribution >= 4 is 17.5 Å². The maximum atomic E-state index is 13.6. The van der Waals surface area contributed by atoms with Crippen LogP contribution < -0.4 is 24.8 Å². The summed E-state index contributed by atoms with van der Waals surface area (Å²) < 4.78 is 18.3. The zero-order valence-corrected chi connectivity index (χ0v) is 18.5. The maximum Gasteiger partial charge on any atom is 0.232 e. The molecule has 9 nitrogen and oxygen atoms in total. The Morgan fingerprint density at radius 2 is 1.91 bits per heavy atom. The number of carbonyl (C=O) groups is 1. The second-order valence-electron chi connectivity index (χ2n) is 7.46. The van der Waals surface area contributed by atoms with Gasteiger partial charge in [-0.15, -0.1) is 0 Å². The molecule has 0 saturated heterocycles. The highest BCUT2D eigenvalue weighted by Gasteiger charge is 2.41. The molecule has 0 aliphatic carbocycles. The van der Waals surface area contributed by atoms with Gasteiger partial charge in [0.2, 0.25) is 11.9 Å². The number of hydrogen-bond acceptors (Lipinski definition) is 7. The molecule has 0 spiro atoms. The SMILES string of the molecule is CCOc1ccc([C@@H]2[C@H](C(=O)Nc3ccccc3OC)[C@H](C)Nc3ncnn32)cc1OC. The fourth-order valence-corrected chi connectivity index (χ4v) is 4.10. The molecule has 0 radical (unpaired) electrons. The van der Waals surface area contributed by atoms with Crippen LogP contribution in [0.3, 0.4) is 0 Å². The Balaban J connectivity index is 1.74. The minimum atomic E-state index is -0.489. The lowest BCUT2D eigenvalue weighted by atomic mass is 9.85. The summed E-state index contributed by atoms with van der Waals surface area (Å²) in [5.41, 5.74) is 1.48. The van der Waals surface area contributed by atoms with E-state index in [1.807, 2.05) is 56.3 Å². The molecule has 0 saturated carbocycles. The summed E-state index contributed by atoms with van der Waals surface area (Å²) in [7, 11) is 3.17. The molecule has 1 aliphatic heterocycles. The number of rotatable bonds is 7. The lowest BCUT2D eigenvalue weighted by Crippen LogP contribution is -2.46. The number of fused-ring (bicyclic) bond motifs is 1. The Kier molecular flexibility index (Phi) is 6.16. The summed E-state index contributed by atoms with van der Waals surface area (Å²) in [6.45, 7) is 4.41. The molecule has 1 aromatic heterocycles. The Morgan fingerprint density at radius 1 is 1.12 bits per heavy atom. The summed E-state index contributed by atoms with van der Waals surface area (Å²) in [6.07, 6.45) is 1.48. The first-order chi connectivity index (χ1) is 15.6. The van der Waals surface area contributed by atoms with Crippen LogP contribution in [0, 0.1) is 5.92 Å². The van der Waals surface area contributed by atoms with E-state index in [9.17, 15) is 4.79 Å². The van der Waals surface area contributed by atoms with Crippen molar-refractivity contribution in [2.24, 2.45) is 5.92 Å². The maximum absolute atomic E-state index is 13.6. The summed E-state index contributed by atoms with van der Waals surface area (Å²) in [5, 5.41) is 10.7. The molecule has 2 N–H and O–H groups in total. The molecule has 2 heterocycles. The number of nitrogens with zero attached hydrogens (tertiary/aromatic N) is 3. The van der Waals surface area contributed by atoms with Gasteiger partial charge in [-0.1, -0.05) is 18.2 Å². The highest BCUT2D eigenvalue weighted by atomic mass is 16.5. The molecule has 3 aromatic rings. The van der Waals surface area contributed by atoms with Crippen LogP contribution in [-0.2, 0) is 4.79 Å². The van der Waals surface area contributed by atoms with Crippen molar-refractivity contribution in [2.75, 3.05) is 31.5 Å². The molecule has 0 unspecified atom stereocenters. The number of nitrogens with one attached hydrogen (secondary N) is 2. The van der Waals surface area contributed by atoms with Crippen LogP contribution in [-0.4, -0.2) is 47.5 Å². The second kappa shape index (κ2) is 9.17. The number of anilines is 2. The smallest absolute Gasteiger partial charge is 0.232 e.